The number of benzene rings is 2. The Morgan fingerprint density at radius 3 is 2.55 bits per heavy atom. The van der Waals surface area contributed by atoms with E-state index in [1.54, 1.807) is 22.9 Å². The Labute approximate surface area is 170 Å². The molecule has 0 aliphatic carbocycles. The van der Waals surface area contributed by atoms with E-state index < -0.39 is 0 Å². The second-order valence-corrected chi connectivity index (χ2v) is 7.47. The molecular weight excluding hydrogens is 368 g/mol. The van der Waals surface area contributed by atoms with Crippen molar-refractivity contribution in [1.82, 2.24) is 4.90 Å². The minimum absolute atomic E-state index is 0.0637. The molecule has 1 heterocycles. The molecule has 7 heteroatoms. The number of para-hydroxylation sites is 2. The summed E-state index contributed by atoms with van der Waals surface area (Å²) in [5.41, 5.74) is 3.13. The first kappa shape index (κ1) is 20.5. The number of carbonyl (C=O) groups excluding carboxylic acids is 3. The van der Waals surface area contributed by atoms with Gasteiger partial charge in [0.05, 0.1) is 24.5 Å². The molecule has 152 valence electrons. The summed E-state index contributed by atoms with van der Waals surface area (Å²) in [6.45, 7) is 3.98. The standard InChI is InChI=1S/C22H26N4O3/c1-15-8-10-17(11-9-15)23-21(28)13-25(3)14-22(29)26-16(2)12-20(27)24-18-6-4-5-7-19(18)26/h4-11,16H,12-14H2,1-3H3,(H,23,28)(H,24,27)/t16-/m1/s1. The van der Waals surface area contributed by atoms with E-state index >= 15 is 0 Å². The van der Waals surface area contributed by atoms with E-state index in [1.165, 1.54) is 0 Å². The van der Waals surface area contributed by atoms with Crippen LogP contribution in [-0.4, -0.2) is 48.8 Å². The number of hydrogen-bond acceptors (Lipinski definition) is 4. The van der Waals surface area contributed by atoms with E-state index in [9.17, 15) is 14.4 Å². The zero-order chi connectivity index (χ0) is 21.0. The summed E-state index contributed by atoms with van der Waals surface area (Å²) in [7, 11) is 1.73. The van der Waals surface area contributed by atoms with Crippen molar-refractivity contribution in [3.8, 4) is 0 Å². The fourth-order valence-corrected chi connectivity index (χ4v) is 3.41. The molecule has 2 N–H and O–H groups in total. The quantitative estimate of drug-likeness (QED) is 0.817. The Morgan fingerprint density at radius 1 is 1.14 bits per heavy atom. The van der Waals surface area contributed by atoms with Crippen LogP contribution in [-0.2, 0) is 14.4 Å². The molecule has 1 atom stereocenters. The molecule has 29 heavy (non-hydrogen) atoms. The van der Waals surface area contributed by atoms with Gasteiger partial charge in [0.2, 0.25) is 17.7 Å². The Bertz CT molecular complexity index is 911. The molecule has 7 nitrogen and oxygen atoms in total. The first-order chi connectivity index (χ1) is 13.8. The first-order valence-corrected chi connectivity index (χ1v) is 9.59. The SMILES string of the molecule is Cc1ccc(NC(=O)CN(C)CC(=O)N2c3ccccc3NC(=O)C[C@H]2C)cc1. The van der Waals surface area contributed by atoms with E-state index in [0.29, 0.717) is 11.4 Å². The first-order valence-electron chi connectivity index (χ1n) is 9.59. The topological polar surface area (TPSA) is 81.8 Å². The van der Waals surface area contributed by atoms with Crippen LogP contribution in [0.1, 0.15) is 18.9 Å². The highest BCUT2D eigenvalue weighted by atomic mass is 16.2. The lowest BCUT2D eigenvalue weighted by atomic mass is 10.1. The van der Waals surface area contributed by atoms with Crippen LogP contribution in [0.5, 0.6) is 0 Å². The minimum Gasteiger partial charge on any atom is -0.325 e. The van der Waals surface area contributed by atoms with Crippen LogP contribution in [0.2, 0.25) is 0 Å². The maximum absolute atomic E-state index is 13.0. The molecule has 3 amide bonds. The van der Waals surface area contributed by atoms with E-state index in [2.05, 4.69) is 10.6 Å². The zero-order valence-electron chi connectivity index (χ0n) is 16.9. The monoisotopic (exact) mass is 394 g/mol. The van der Waals surface area contributed by atoms with Gasteiger partial charge in [-0.1, -0.05) is 29.8 Å². The van der Waals surface area contributed by atoms with E-state index in [0.717, 1.165) is 11.3 Å². The number of aryl methyl sites for hydroxylation is 1. The molecule has 2 aromatic carbocycles. The zero-order valence-corrected chi connectivity index (χ0v) is 16.9. The third kappa shape index (κ3) is 5.20. The average Bonchev–Trinajstić information content (AvgIpc) is 2.77. The van der Waals surface area contributed by atoms with Crippen LogP contribution >= 0.6 is 0 Å². The van der Waals surface area contributed by atoms with Gasteiger partial charge in [-0.15, -0.1) is 0 Å². The summed E-state index contributed by atoms with van der Waals surface area (Å²) in [4.78, 5) is 40.7. The second-order valence-electron chi connectivity index (χ2n) is 7.47. The number of likely N-dealkylation sites (N-methyl/N-ethyl adjacent to an activating group) is 1. The molecule has 0 aromatic heterocycles. The van der Waals surface area contributed by atoms with Crippen molar-refractivity contribution < 1.29 is 14.4 Å². The van der Waals surface area contributed by atoms with E-state index in [4.69, 9.17) is 0 Å². The molecule has 0 unspecified atom stereocenters. The Hall–Kier alpha value is -3.19. The van der Waals surface area contributed by atoms with Crippen LogP contribution in [0.15, 0.2) is 48.5 Å². The Kier molecular flexibility index (Phi) is 6.29. The molecule has 0 bridgehead atoms. The van der Waals surface area contributed by atoms with Crippen LogP contribution in [0, 0.1) is 6.92 Å². The number of nitrogens with one attached hydrogen (secondary N) is 2. The average molecular weight is 394 g/mol. The molecule has 3 rings (SSSR count). The third-order valence-electron chi connectivity index (χ3n) is 4.78. The Balaban J connectivity index is 1.64. The van der Waals surface area contributed by atoms with Crippen molar-refractivity contribution in [3.63, 3.8) is 0 Å². The number of carbonyl (C=O) groups is 3. The van der Waals surface area contributed by atoms with E-state index in [-0.39, 0.29) is 43.3 Å². The minimum atomic E-state index is -0.277. The number of hydrogen-bond donors (Lipinski definition) is 2. The van der Waals surface area contributed by atoms with Crippen molar-refractivity contribution in [3.05, 3.63) is 54.1 Å². The molecule has 2 aromatic rings. The van der Waals surface area contributed by atoms with Crippen LogP contribution in [0.4, 0.5) is 17.1 Å². The van der Waals surface area contributed by atoms with Gasteiger partial charge in [0, 0.05) is 18.2 Å². The molecule has 0 saturated heterocycles. The second kappa shape index (κ2) is 8.87. The third-order valence-corrected chi connectivity index (χ3v) is 4.78. The number of anilines is 3. The fraction of sp³-hybridized carbons (Fsp3) is 0.318. The lowest BCUT2D eigenvalue weighted by Gasteiger charge is -2.29. The summed E-state index contributed by atoms with van der Waals surface area (Å²) in [6, 6.07) is 14.5. The van der Waals surface area contributed by atoms with Crippen molar-refractivity contribution in [2.75, 3.05) is 35.7 Å². The summed E-state index contributed by atoms with van der Waals surface area (Å²) < 4.78 is 0. The molecule has 1 aliphatic rings. The maximum atomic E-state index is 13.0. The van der Waals surface area contributed by atoms with Gasteiger partial charge in [-0.25, -0.2) is 0 Å². The smallest absolute Gasteiger partial charge is 0.241 e. The molecule has 0 fully saturated rings. The molecule has 1 aliphatic heterocycles. The summed E-state index contributed by atoms with van der Waals surface area (Å²) in [6.07, 6.45) is 0.220. The van der Waals surface area contributed by atoms with Crippen molar-refractivity contribution in [2.24, 2.45) is 0 Å². The van der Waals surface area contributed by atoms with Gasteiger partial charge in [0.15, 0.2) is 0 Å². The van der Waals surface area contributed by atoms with E-state index in [1.807, 2.05) is 56.3 Å². The normalized spacial score (nSPS) is 16.1. The largest absolute Gasteiger partial charge is 0.325 e. The van der Waals surface area contributed by atoms with Gasteiger partial charge in [-0.3, -0.25) is 19.3 Å². The summed E-state index contributed by atoms with van der Waals surface area (Å²) in [5.74, 6) is -0.469. The van der Waals surface area contributed by atoms with Gasteiger partial charge in [0.1, 0.15) is 0 Å². The number of nitrogens with zero attached hydrogens (tertiary/aromatic N) is 2. The van der Waals surface area contributed by atoms with Crippen LogP contribution in [0.3, 0.4) is 0 Å². The van der Waals surface area contributed by atoms with Gasteiger partial charge < -0.3 is 15.5 Å². The molecule has 0 saturated carbocycles. The predicted octanol–water partition coefficient (Wildman–Crippen LogP) is 2.63. The van der Waals surface area contributed by atoms with Crippen molar-refractivity contribution >= 4 is 34.8 Å². The fourth-order valence-electron chi connectivity index (χ4n) is 3.41. The Morgan fingerprint density at radius 2 is 1.83 bits per heavy atom. The summed E-state index contributed by atoms with van der Waals surface area (Å²) in [5, 5.41) is 5.68. The van der Waals surface area contributed by atoms with Crippen molar-refractivity contribution in [2.45, 2.75) is 26.3 Å². The van der Waals surface area contributed by atoms with Gasteiger partial charge in [0.25, 0.3) is 0 Å². The number of fused-ring (bicyclic) bond motifs is 1. The maximum Gasteiger partial charge on any atom is 0.241 e. The van der Waals surface area contributed by atoms with Crippen LogP contribution in [0.25, 0.3) is 0 Å². The van der Waals surface area contributed by atoms with Gasteiger partial charge >= 0.3 is 0 Å². The highest BCUT2D eigenvalue weighted by molar-refractivity contribution is 6.05. The molecule has 0 radical (unpaired) electrons. The number of amides is 3. The lowest BCUT2D eigenvalue weighted by Crippen LogP contribution is -2.45. The van der Waals surface area contributed by atoms with Gasteiger partial charge in [-0.05, 0) is 45.2 Å². The van der Waals surface area contributed by atoms with Crippen LogP contribution < -0.4 is 15.5 Å². The highest BCUT2D eigenvalue weighted by Gasteiger charge is 2.30. The highest BCUT2D eigenvalue weighted by Crippen LogP contribution is 2.31. The van der Waals surface area contributed by atoms with Crippen molar-refractivity contribution in [1.29, 1.82) is 0 Å². The molecular formula is C22H26N4O3. The lowest BCUT2D eigenvalue weighted by molar-refractivity contribution is -0.121. The van der Waals surface area contributed by atoms with Gasteiger partial charge in [-0.2, -0.15) is 0 Å². The predicted molar refractivity (Wildman–Crippen MR) is 114 cm³/mol. The summed E-state index contributed by atoms with van der Waals surface area (Å²) >= 11 is 0. The number of rotatable bonds is 5. The molecule has 0 spiro atoms.